The topological polar surface area (TPSA) is 71.8 Å². The minimum atomic E-state index is -0.597. The molecule has 2 aromatic carbocycles. The van der Waals surface area contributed by atoms with Crippen LogP contribution in [-0.4, -0.2) is 15.9 Å². The SMILES string of the molecule is NC(=O)c1cc2c([nH]c3ccccc32)c(-c2ccc(F)cc2)n1. The lowest BCUT2D eigenvalue weighted by molar-refractivity contribution is 0.0996. The molecule has 0 saturated carbocycles. The predicted molar refractivity (Wildman–Crippen MR) is 87.5 cm³/mol. The highest BCUT2D eigenvalue weighted by molar-refractivity contribution is 6.13. The Morgan fingerprint density at radius 2 is 1.78 bits per heavy atom. The summed E-state index contributed by atoms with van der Waals surface area (Å²) in [5.41, 5.74) is 8.62. The quantitative estimate of drug-likeness (QED) is 0.593. The van der Waals surface area contributed by atoms with Crippen LogP contribution in [0.4, 0.5) is 4.39 Å². The maximum Gasteiger partial charge on any atom is 0.267 e. The number of fused-ring (bicyclic) bond motifs is 3. The van der Waals surface area contributed by atoms with Crippen molar-refractivity contribution in [2.24, 2.45) is 5.73 Å². The molecule has 0 aliphatic rings. The summed E-state index contributed by atoms with van der Waals surface area (Å²) in [7, 11) is 0. The van der Waals surface area contributed by atoms with Gasteiger partial charge in [-0.25, -0.2) is 9.37 Å². The Labute approximate surface area is 130 Å². The van der Waals surface area contributed by atoms with Crippen LogP contribution in [0.5, 0.6) is 0 Å². The van der Waals surface area contributed by atoms with Crippen molar-refractivity contribution >= 4 is 27.7 Å². The number of aromatic amines is 1. The lowest BCUT2D eigenvalue weighted by Gasteiger charge is -2.05. The van der Waals surface area contributed by atoms with Crippen LogP contribution < -0.4 is 5.73 Å². The zero-order chi connectivity index (χ0) is 16.0. The molecular weight excluding hydrogens is 293 g/mol. The van der Waals surface area contributed by atoms with Crippen LogP contribution in [0, 0.1) is 5.82 Å². The molecule has 5 heteroatoms. The van der Waals surface area contributed by atoms with Crippen molar-refractivity contribution < 1.29 is 9.18 Å². The number of aromatic nitrogens is 2. The second kappa shape index (κ2) is 4.91. The number of carbonyl (C=O) groups excluding carboxylic acids is 1. The molecule has 0 fully saturated rings. The van der Waals surface area contributed by atoms with Crippen molar-refractivity contribution in [1.82, 2.24) is 9.97 Å². The Bertz CT molecular complexity index is 1050. The third kappa shape index (κ3) is 2.14. The van der Waals surface area contributed by atoms with Gasteiger partial charge in [0.15, 0.2) is 0 Å². The van der Waals surface area contributed by atoms with Gasteiger partial charge in [0.1, 0.15) is 11.5 Å². The van der Waals surface area contributed by atoms with E-state index in [1.807, 2.05) is 24.3 Å². The Morgan fingerprint density at radius 3 is 2.52 bits per heavy atom. The number of rotatable bonds is 2. The first-order valence-corrected chi connectivity index (χ1v) is 7.11. The number of hydrogen-bond acceptors (Lipinski definition) is 2. The van der Waals surface area contributed by atoms with Crippen LogP contribution in [0.1, 0.15) is 10.5 Å². The van der Waals surface area contributed by atoms with Gasteiger partial charge in [-0.05, 0) is 36.4 Å². The molecule has 112 valence electrons. The highest BCUT2D eigenvalue weighted by atomic mass is 19.1. The van der Waals surface area contributed by atoms with Crippen LogP contribution in [0.25, 0.3) is 33.1 Å². The fourth-order valence-electron chi connectivity index (χ4n) is 2.79. The standard InChI is InChI=1S/C18H12FN3O/c19-11-7-5-10(6-8-11)16-17-13(9-15(22-16)18(20)23)12-3-1-2-4-14(12)21-17/h1-9,21H,(H2,20,23). The maximum absolute atomic E-state index is 13.2. The number of nitrogens with two attached hydrogens (primary N) is 1. The van der Waals surface area contributed by atoms with Crippen LogP contribution in [0.15, 0.2) is 54.6 Å². The molecule has 0 saturated heterocycles. The fourth-order valence-corrected chi connectivity index (χ4v) is 2.79. The first-order chi connectivity index (χ1) is 11.1. The number of nitrogens with one attached hydrogen (secondary N) is 1. The van der Waals surface area contributed by atoms with Crippen molar-refractivity contribution in [3.8, 4) is 11.3 Å². The van der Waals surface area contributed by atoms with Crippen LogP contribution in [0.2, 0.25) is 0 Å². The maximum atomic E-state index is 13.2. The van der Waals surface area contributed by atoms with Crippen molar-refractivity contribution in [1.29, 1.82) is 0 Å². The second-order valence-electron chi connectivity index (χ2n) is 5.32. The molecule has 0 aliphatic heterocycles. The number of benzene rings is 2. The number of amides is 1. The number of nitrogens with zero attached hydrogens (tertiary/aromatic N) is 1. The average molecular weight is 305 g/mol. The molecule has 0 atom stereocenters. The number of carbonyl (C=O) groups is 1. The van der Waals surface area contributed by atoms with Gasteiger partial charge in [-0.2, -0.15) is 0 Å². The lowest BCUT2D eigenvalue weighted by atomic mass is 10.1. The predicted octanol–water partition coefficient (Wildman–Crippen LogP) is 3.62. The van der Waals surface area contributed by atoms with Crippen molar-refractivity contribution in [2.45, 2.75) is 0 Å². The number of para-hydroxylation sites is 1. The molecule has 23 heavy (non-hydrogen) atoms. The van der Waals surface area contributed by atoms with E-state index >= 15 is 0 Å². The second-order valence-corrected chi connectivity index (χ2v) is 5.32. The van der Waals surface area contributed by atoms with Crippen molar-refractivity contribution in [2.75, 3.05) is 0 Å². The largest absolute Gasteiger partial charge is 0.364 e. The van der Waals surface area contributed by atoms with Gasteiger partial charge in [0.05, 0.1) is 11.2 Å². The van der Waals surface area contributed by atoms with Gasteiger partial charge in [0, 0.05) is 21.9 Å². The molecule has 0 spiro atoms. The number of H-pyrrole nitrogens is 1. The molecule has 4 nitrogen and oxygen atoms in total. The number of pyridine rings is 1. The van der Waals surface area contributed by atoms with E-state index < -0.39 is 5.91 Å². The number of hydrogen-bond donors (Lipinski definition) is 2. The van der Waals surface area contributed by atoms with Crippen LogP contribution >= 0.6 is 0 Å². The molecule has 1 amide bonds. The molecule has 2 aromatic heterocycles. The van der Waals surface area contributed by atoms with E-state index in [4.69, 9.17) is 5.73 Å². The summed E-state index contributed by atoms with van der Waals surface area (Å²) >= 11 is 0. The molecule has 4 rings (SSSR count). The molecule has 0 unspecified atom stereocenters. The molecule has 3 N–H and O–H groups in total. The Hall–Kier alpha value is -3.21. The highest BCUT2D eigenvalue weighted by Gasteiger charge is 2.15. The Kier molecular flexibility index (Phi) is 2.87. The van der Waals surface area contributed by atoms with Gasteiger partial charge >= 0.3 is 0 Å². The third-order valence-corrected chi connectivity index (χ3v) is 3.87. The van der Waals surface area contributed by atoms with E-state index in [-0.39, 0.29) is 11.5 Å². The third-order valence-electron chi connectivity index (χ3n) is 3.87. The summed E-state index contributed by atoms with van der Waals surface area (Å²) in [6.07, 6.45) is 0. The van der Waals surface area contributed by atoms with E-state index in [0.29, 0.717) is 11.3 Å². The summed E-state index contributed by atoms with van der Waals surface area (Å²) < 4.78 is 13.2. The number of primary amides is 1. The van der Waals surface area contributed by atoms with Gasteiger partial charge in [-0.15, -0.1) is 0 Å². The van der Waals surface area contributed by atoms with E-state index in [0.717, 1.165) is 21.8 Å². The lowest BCUT2D eigenvalue weighted by Crippen LogP contribution is -2.13. The minimum Gasteiger partial charge on any atom is -0.364 e. The smallest absolute Gasteiger partial charge is 0.267 e. The Balaban J connectivity index is 2.12. The normalized spacial score (nSPS) is 11.2. The van der Waals surface area contributed by atoms with E-state index in [1.165, 1.54) is 12.1 Å². The number of halogens is 1. The summed E-state index contributed by atoms with van der Waals surface area (Å²) in [5.74, 6) is -0.923. The average Bonchev–Trinajstić information content (AvgIpc) is 2.93. The zero-order valence-electron chi connectivity index (χ0n) is 12.0. The molecular formula is C18H12FN3O. The summed E-state index contributed by atoms with van der Waals surface area (Å²) in [4.78, 5) is 19.3. The summed E-state index contributed by atoms with van der Waals surface area (Å²) in [6.45, 7) is 0. The monoisotopic (exact) mass is 305 g/mol. The fraction of sp³-hybridized carbons (Fsp3) is 0. The van der Waals surface area contributed by atoms with E-state index in [9.17, 15) is 9.18 Å². The van der Waals surface area contributed by atoms with E-state index in [1.54, 1.807) is 18.2 Å². The first-order valence-electron chi connectivity index (χ1n) is 7.11. The zero-order valence-corrected chi connectivity index (χ0v) is 12.0. The van der Waals surface area contributed by atoms with Crippen LogP contribution in [-0.2, 0) is 0 Å². The van der Waals surface area contributed by atoms with Gasteiger partial charge < -0.3 is 10.7 Å². The van der Waals surface area contributed by atoms with Gasteiger partial charge in [0.2, 0.25) is 0 Å². The Morgan fingerprint density at radius 1 is 1.04 bits per heavy atom. The molecule has 2 heterocycles. The molecule has 0 aliphatic carbocycles. The molecule has 4 aromatic rings. The molecule has 0 bridgehead atoms. The van der Waals surface area contributed by atoms with Gasteiger partial charge in [0.25, 0.3) is 5.91 Å². The van der Waals surface area contributed by atoms with Gasteiger partial charge in [-0.3, -0.25) is 4.79 Å². The van der Waals surface area contributed by atoms with Crippen LogP contribution in [0.3, 0.4) is 0 Å². The molecule has 0 radical (unpaired) electrons. The first kappa shape index (κ1) is 13.5. The minimum absolute atomic E-state index is 0.182. The highest BCUT2D eigenvalue weighted by Crippen LogP contribution is 2.32. The van der Waals surface area contributed by atoms with Gasteiger partial charge in [-0.1, -0.05) is 18.2 Å². The van der Waals surface area contributed by atoms with E-state index in [2.05, 4.69) is 9.97 Å². The summed E-state index contributed by atoms with van der Waals surface area (Å²) in [6, 6.07) is 15.4. The van der Waals surface area contributed by atoms with Crippen molar-refractivity contribution in [3.63, 3.8) is 0 Å². The van der Waals surface area contributed by atoms with Crippen molar-refractivity contribution in [3.05, 3.63) is 66.1 Å². The summed E-state index contributed by atoms with van der Waals surface area (Å²) in [5, 5.41) is 1.85.